The third kappa shape index (κ3) is 2.40. The topological polar surface area (TPSA) is 54.7 Å². The van der Waals surface area contributed by atoms with Crippen LogP contribution in [0.2, 0.25) is 5.15 Å². The Balaban J connectivity index is 2.56. The largest absolute Gasteiger partial charge is 0.279 e. The third-order valence-corrected chi connectivity index (χ3v) is 6.44. The molecule has 0 radical (unpaired) electrons. The molecule has 0 saturated carbocycles. The average molecular weight is 322 g/mol. The standard InChI is InChI=1S/C11H16ClN3O2S2/c1-7(2)8(3)14(4)19(16,17)10-9(12)13-11-15(10)5-6-18-11/h5-8H,1-4H3. The Morgan fingerprint density at radius 2 is 2.05 bits per heavy atom. The fourth-order valence-electron chi connectivity index (χ4n) is 1.74. The minimum absolute atomic E-state index is 0.0228. The molecule has 0 bridgehead atoms. The molecule has 0 amide bonds. The van der Waals surface area contributed by atoms with Gasteiger partial charge >= 0.3 is 0 Å². The maximum Gasteiger partial charge on any atom is 0.262 e. The monoisotopic (exact) mass is 321 g/mol. The number of thiazole rings is 1. The first kappa shape index (κ1) is 14.8. The highest BCUT2D eigenvalue weighted by molar-refractivity contribution is 7.89. The number of imidazole rings is 1. The third-order valence-electron chi connectivity index (χ3n) is 3.34. The van der Waals surface area contributed by atoms with Crippen molar-refractivity contribution >= 4 is 37.9 Å². The molecule has 1 unspecified atom stereocenters. The van der Waals surface area contributed by atoms with E-state index in [-0.39, 0.29) is 22.1 Å². The number of halogens is 1. The Kier molecular flexibility index (Phi) is 3.92. The first-order chi connectivity index (χ1) is 8.76. The summed E-state index contributed by atoms with van der Waals surface area (Å²) in [5, 5.41) is 1.85. The van der Waals surface area contributed by atoms with Gasteiger partial charge in [-0.2, -0.15) is 4.31 Å². The van der Waals surface area contributed by atoms with Crippen LogP contribution in [0, 0.1) is 5.92 Å². The predicted octanol–water partition coefficient (Wildman–Crippen LogP) is 2.71. The summed E-state index contributed by atoms with van der Waals surface area (Å²) in [6.07, 6.45) is 1.67. The first-order valence-corrected chi connectivity index (χ1v) is 8.55. The number of hydrogen-bond donors (Lipinski definition) is 0. The lowest BCUT2D eigenvalue weighted by Crippen LogP contribution is -2.38. The van der Waals surface area contributed by atoms with E-state index in [1.807, 2.05) is 20.8 Å². The van der Waals surface area contributed by atoms with Gasteiger partial charge in [-0.3, -0.25) is 4.40 Å². The van der Waals surface area contributed by atoms with Crippen LogP contribution in [0.1, 0.15) is 20.8 Å². The lowest BCUT2D eigenvalue weighted by Gasteiger charge is -2.26. The minimum Gasteiger partial charge on any atom is -0.279 e. The van der Waals surface area contributed by atoms with Crippen molar-refractivity contribution in [2.45, 2.75) is 31.8 Å². The smallest absolute Gasteiger partial charge is 0.262 e. The molecule has 0 N–H and O–H groups in total. The normalized spacial score (nSPS) is 14.7. The van der Waals surface area contributed by atoms with E-state index in [1.54, 1.807) is 18.6 Å². The van der Waals surface area contributed by atoms with E-state index in [0.29, 0.717) is 4.96 Å². The predicted molar refractivity (Wildman–Crippen MR) is 77.3 cm³/mol. The molecule has 0 aliphatic carbocycles. The van der Waals surface area contributed by atoms with Crippen LogP contribution in [0.15, 0.2) is 16.6 Å². The van der Waals surface area contributed by atoms with Crippen LogP contribution in [-0.4, -0.2) is 35.2 Å². The van der Waals surface area contributed by atoms with Crippen molar-refractivity contribution < 1.29 is 8.42 Å². The molecule has 0 aliphatic rings. The molecule has 0 fully saturated rings. The van der Waals surface area contributed by atoms with Gasteiger partial charge in [0.15, 0.2) is 15.1 Å². The zero-order valence-electron chi connectivity index (χ0n) is 11.2. The van der Waals surface area contributed by atoms with E-state index in [0.717, 1.165) is 0 Å². The van der Waals surface area contributed by atoms with Crippen LogP contribution < -0.4 is 0 Å². The van der Waals surface area contributed by atoms with Crippen molar-refractivity contribution in [3.05, 3.63) is 16.7 Å². The van der Waals surface area contributed by atoms with E-state index in [1.165, 1.54) is 20.0 Å². The molecule has 0 saturated heterocycles. The lowest BCUT2D eigenvalue weighted by atomic mass is 10.1. The Labute approximate surface area is 121 Å². The second kappa shape index (κ2) is 5.05. The highest BCUT2D eigenvalue weighted by atomic mass is 35.5. The van der Waals surface area contributed by atoms with Gasteiger partial charge in [0.05, 0.1) is 0 Å². The van der Waals surface area contributed by atoms with Crippen molar-refractivity contribution in [2.75, 3.05) is 7.05 Å². The van der Waals surface area contributed by atoms with Gasteiger partial charge in [-0.05, 0) is 12.8 Å². The summed E-state index contributed by atoms with van der Waals surface area (Å²) in [5.41, 5.74) is 0. The number of fused-ring (bicyclic) bond motifs is 1. The fourth-order valence-corrected chi connectivity index (χ4v) is 4.64. The van der Waals surface area contributed by atoms with Crippen LogP contribution >= 0.6 is 22.9 Å². The summed E-state index contributed by atoms with van der Waals surface area (Å²) in [7, 11) is -2.09. The van der Waals surface area contributed by atoms with Gasteiger partial charge in [0.25, 0.3) is 10.0 Å². The molecule has 1 atom stereocenters. The number of hydrogen-bond acceptors (Lipinski definition) is 4. The van der Waals surface area contributed by atoms with Crippen LogP contribution in [-0.2, 0) is 10.0 Å². The quantitative estimate of drug-likeness (QED) is 0.870. The molecular formula is C11H16ClN3O2S2. The Hall–Kier alpha value is -0.630. The molecule has 2 aromatic heterocycles. The zero-order chi connectivity index (χ0) is 14.4. The highest BCUT2D eigenvalue weighted by Crippen LogP contribution is 2.29. The number of aromatic nitrogens is 2. The van der Waals surface area contributed by atoms with Crippen molar-refractivity contribution in [3.8, 4) is 0 Å². The second-order valence-electron chi connectivity index (χ2n) is 4.77. The zero-order valence-corrected chi connectivity index (χ0v) is 13.6. The van der Waals surface area contributed by atoms with Crippen LogP contribution in [0.25, 0.3) is 4.96 Å². The Bertz CT molecular complexity index is 690. The molecule has 2 heterocycles. The fraction of sp³-hybridized carbons (Fsp3) is 0.545. The first-order valence-electron chi connectivity index (χ1n) is 5.86. The summed E-state index contributed by atoms with van der Waals surface area (Å²) in [5.74, 6) is 0.212. The molecule has 106 valence electrons. The molecular weight excluding hydrogens is 306 g/mol. The van der Waals surface area contributed by atoms with Crippen LogP contribution in [0.4, 0.5) is 0 Å². The maximum absolute atomic E-state index is 12.7. The molecule has 2 rings (SSSR count). The average Bonchev–Trinajstić information content (AvgIpc) is 2.85. The highest BCUT2D eigenvalue weighted by Gasteiger charge is 2.32. The molecule has 19 heavy (non-hydrogen) atoms. The molecule has 0 aromatic carbocycles. The van der Waals surface area contributed by atoms with Gasteiger partial charge in [0.2, 0.25) is 0 Å². The van der Waals surface area contributed by atoms with Gasteiger partial charge in [0.1, 0.15) is 0 Å². The van der Waals surface area contributed by atoms with E-state index in [9.17, 15) is 8.42 Å². The number of nitrogens with zero attached hydrogens (tertiary/aromatic N) is 3. The summed E-state index contributed by atoms with van der Waals surface area (Å²) in [6, 6.07) is -0.120. The summed E-state index contributed by atoms with van der Waals surface area (Å²) in [6.45, 7) is 5.84. The SMILES string of the molecule is CC(C)C(C)N(C)S(=O)(=O)c1c(Cl)nc2sccn12. The number of sulfonamides is 1. The van der Waals surface area contributed by atoms with Gasteiger partial charge < -0.3 is 0 Å². The number of rotatable bonds is 4. The molecule has 5 nitrogen and oxygen atoms in total. The van der Waals surface area contributed by atoms with E-state index >= 15 is 0 Å². The summed E-state index contributed by atoms with van der Waals surface area (Å²) >= 11 is 7.34. The van der Waals surface area contributed by atoms with Crippen molar-refractivity contribution in [2.24, 2.45) is 5.92 Å². The van der Waals surface area contributed by atoms with Gasteiger partial charge in [-0.25, -0.2) is 13.4 Å². The van der Waals surface area contributed by atoms with Crippen molar-refractivity contribution in [1.82, 2.24) is 13.7 Å². The Morgan fingerprint density at radius 3 is 2.63 bits per heavy atom. The summed E-state index contributed by atoms with van der Waals surface area (Å²) in [4.78, 5) is 4.64. The van der Waals surface area contributed by atoms with Gasteiger partial charge in [-0.1, -0.05) is 25.4 Å². The second-order valence-corrected chi connectivity index (χ2v) is 7.91. The maximum atomic E-state index is 12.7. The van der Waals surface area contributed by atoms with Crippen molar-refractivity contribution in [3.63, 3.8) is 0 Å². The van der Waals surface area contributed by atoms with Crippen LogP contribution in [0.5, 0.6) is 0 Å². The molecule has 2 aromatic rings. The van der Waals surface area contributed by atoms with E-state index in [4.69, 9.17) is 11.6 Å². The molecule has 8 heteroatoms. The van der Waals surface area contributed by atoms with E-state index in [2.05, 4.69) is 4.98 Å². The van der Waals surface area contributed by atoms with E-state index < -0.39 is 10.0 Å². The lowest BCUT2D eigenvalue weighted by molar-refractivity contribution is 0.315. The van der Waals surface area contributed by atoms with Gasteiger partial charge in [0, 0.05) is 24.7 Å². The molecule has 0 spiro atoms. The molecule has 0 aliphatic heterocycles. The summed E-state index contributed by atoms with van der Waals surface area (Å²) < 4.78 is 28.2. The van der Waals surface area contributed by atoms with Gasteiger partial charge in [-0.15, -0.1) is 11.3 Å². The Morgan fingerprint density at radius 1 is 1.42 bits per heavy atom. The van der Waals surface area contributed by atoms with Crippen LogP contribution in [0.3, 0.4) is 0 Å². The van der Waals surface area contributed by atoms with Crippen molar-refractivity contribution in [1.29, 1.82) is 0 Å². The minimum atomic E-state index is -3.66.